The Hall–Kier alpha value is -3.13. The average molecular weight is 441 g/mol. The number of hydrogen-bond acceptors (Lipinski definition) is 5. The zero-order valence-corrected chi connectivity index (χ0v) is 19.0. The molecule has 2 heterocycles. The monoisotopic (exact) mass is 440 g/mol. The van der Waals surface area contributed by atoms with E-state index in [0.717, 1.165) is 16.1 Å². The highest BCUT2D eigenvalue weighted by Crippen LogP contribution is 2.27. The van der Waals surface area contributed by atoms with E-state index in [0.29, 0.717) is 11.3 Å². The van der Waals surface area contributed by atoms with E-state index >= 15 is 0 Å². The number of carbonyl (C=O) groups excluding carboxylic acids is 2. The number of hydrogen-bond donors (Lipinski definition) is 2. The second-order valence-corrected chi connectivity index (χ2v) is 9.38. The highest BCUT2D eigenvalue weighted by molar-refractivity contribution is 7.17. The first kappa shape index (κ1) is 22.6. The number of benzene rings is 1. The van der Waals surface area contributed by atoms with Crippen molar-refractivity contribution in [2.75, 3.05) is 6.54 Å². The number of nitrogens with zero attached hydrogens (tertiary/aromatic N) is 2. The van der Waals surface area contributed by atoms with Crippen LogP contribution in [0.2, 0.25) is 0 Å². The maximum Gasteiger partial charge on any atom is 0.407 e. The lowest BCUT2D eigenvalue weighted by atomic mass is 10.1. The molecule has 3 rings (SSSR count). The summed E-state index contributed by atoms with van der Waals surface area (Å²) in [6.07, 6.45) is 3.58. The Labute approximate surface area is 186 Å². The highest BCUT2D eigenvalue weighted by atomic mass is 32.1. The third-order valence-electron chi connectivity index (χ3n) is 4.45. The lowest BCUT2D eigenvalue weighted by molar-refractivity contribution is 0.0520. The van der Waals surface area contributed by atoms with Gasteiger partial charge in [0.05, 0.1) is 34.0 Å². The number of nitrogens with one attached hydrogen (secondary N) is 2. The van der Waals surface area contributed by atoms with Gasteiger partial charge in [0.2, 0.25) is 0 Å². The standard InChI is InChI=1S/C23H28N4O3S/c1-23(2,3)30-22(29)25-13-17(12-16-8-6-5-7-9-16)26-21(28)20-11-10-19(31-20)18-14-24-15-27(18)4/h5-11,14-15,17H,12-13H2,1-4H3,(H,25,29)(H,26,28). The van der Waals surface area contributed by atoms with Gasteiger partial charge >= 0.3 is 6.09 Å². The van der Waals surface area contributed by atoms with Gasteiger partial charge in [-0.2, -0.15) is 0 Å². The Morgan fingerprint density at radius 1 is 1.16 bits per heavy atom. The molecule has 0 saturated carbocycles. The van der Waals surface area contributed by atoms with Crippen molar-refractivity contribution in [1.29, 1.82) is 0 Å². The van der Waals surface area contributed by atoms with Gasteiger partial charge in [0.25, 0.3) is 5.91 Å². The summed E-state index contributed by atoms with van der Waals surface area (Å²) in [4.78, 5) is 30.7. The van der Waals surface area contributed by atoms with Crippen molar-refractivity contribution in [2.24, 2.45) is 7.05 Å². The zero-order valence-electron chi connectivity index (χ0n) is 18.2. The van der Waals surface area contributed by atoms with Crippen molar-refractivity contribution in [3.8, 4) is 10.6 Å². The Morgan fingerprint density at radius 3 is 2.55 bits per heavy atom. The summed E-state index contributed by atoms with van der Waals surface area (Å²) in [6, 6.07) is 13.3. The van der Waals surface area contributed by atoms with E-state index in [9.17, 15) is 9.59 Å². The van der Waals surface area contributed by atoms with Gasteiger partial charge in [0.15, 0.2) is 0 Å². The van der Waals surface area contributed by atoms with Crippen LogP contribution in [0.25, 0.3) is 10.6 Å². The van der Waals surface area contributed by atoms with Crippen LogP contribution < -0.4 is 10.6 Å². The molecule has 0 aliphatic carbocycles. The third kappa shape index (κ3) is 6.68. The summed E-state index contributed by atoms with van der Waals surface area (Å²) in [7, 11) is 1.92. The van der Waals surface area contributed by atoms with Gasteiger partial charge in [-0.25, -0.2) is 9.78 Å². The molecule has 0 fully saturated rings. The highest BCUT2D eigenvalue weighted by Gasteiger charge is 2.20. The molecule has 0 aliphatic rings. The number of aromatic nitrogens is 2. The van der Waals surface area contributed by atoms with Gasteiger partial charge < -0.3 is 19.9 Å². The Morgan fingerprint density at radius 2 is 1.90 bits per heavy atom. The van der Waals surface area contributed by atoms with E-state index in [-0.39, 0.29) is 18.5 Å². The second kappa shape index (κ2) is 9.78. The van der Waals surface area contributed by atoms with Crippen molar-refractivity contribution < 1.29 is 14.3 Å². The van der Waals surface area contributed by atoms with Crippen molar-refractivity contribution >= 4 is 23.3 Å². The SMILES string of the molecule is Cn1cncc1-c1ccc(C(=O)NC(CNC(=O)OC(C)(C)C)Cc2ccccc2)s1. The first-order valence-corrected chi connectivity index (χ1v) is 10.9. The number of alkyl carbamates (subject to hydrolysis) is 1. The van der Waals surface area contributed by atoms with E-state index in [1.54, 1.807) is 12.5 Å². The molecule has 2 amide bonds. The lowest BCUT2D eigenvalue weighted by Crippen LogP contribution is -2.45. The number of carbonyl (C=O) groups is 2. The first-order valence-electron chi connectivity index (χ1n) is 10.1. The molecule has 0 spiro atoms. The van der Waals surface area contributed by atoms with E-state index in [1.165, 1.54) is 11.3 Å². The quantitative estimate of drug-likeness (QED) is 0.581. The van der Waals surface area contributed by atoms with Crippen molar-refractivity contribution in [2.45, 2.75) is 38.8 Å². The average Bonchev–Trinajstić information content (AvgIpc) is 3.34. The molecule has 3 aromatic rings. The van der Waals surface area contributed by atoms with Crippen LogP contribution in [-0.4, -0.2) is 39.7 Å². The fourth-order valence-corrected chi connectivity index (χ4v) is 4.00. The molecule has 0 radical (unpaired) electrons. The molecular weight excluding hydrogens is 412 g/mol. The number of amides is 2. The van der Waals surface area contributed by atoms with Crippen LogP contribution in [0.3, 0.4) is 0 Å². The summed E-state index contributed by atoms with van der Waals surface area (Å²) in [5, 5.41) is 5.82. The van der Waals surface area contributed by atoms with Gasteiger partial charge in [-0.3, -0.25) is 4.79 Å². The van der Waals surface area contributed by atoms with Crippen molar-refractivity contribution in [1.82, 2.24) is 20.2 Å². The number of thiophene rings is 1. The molecule has 1 unspecified atom stereocenters. The van der Waals surface area contributed by atoms with Crippen LogP contribution in [-0.2, 0) is 18.2 Å². The van der Waals surface area contributed by atoms with Crippen LogP contribution in [0.15, 0.2) is 55.0 Å². The Balaban J connectivity index is 1.68. The zero-order chi connectivity index (χ0) is 22.4. The van der Waals surface area contributed by atoms with Gasteiger partial charge in [-0.15, -0.1) is 11.3 Å². The second-order valence-electron chi connectivity index (χ2n) is 8.30. The number of aryl methyl sites for hydroxylation is 1. The maximum absolute atomic E-state index is 12.9. The van der Waals surface area contributed by atoms with Gasteiger partial charge in [-0.1, -0.05) is 30.3 Å². The summed E-state index contributed by atoms with van der Waals surface area (Å²) in [5.41, 5.74) is 1.44. The van der Waals surface area contributed by atoms with Crippen LogP contribution in [0.4, 0.5) is 4.79 Å². The van der Waals surface area contributed by atoms with Crippen LogP contribution in [0, 0.1) is 0 Å². The normalized spacial score (nSPS) is 12.3. The molecule has 1 atom stereocenters. The molecule has 2 aromatic heterocycles. The maximum atomic E-state index is 12.9. The van der Waals surface area contributed by atoms with E-state index in [4.69, 9.17) is 4.74 Å². The van der Waals surface area contributed by atoms with E-state index in [2.05, 4.69) is 15.6 Å². The van der Waals surface area contributed by atoms with Crippen LogP contribution in [0.1, 0.15) is 36.0 Å². The molecule has 8 heteroatoms. The molecule has 31 heavy (non-hydrogen) atoms. The van der Waals surface area contributed by atoms with Crippen molar-refractivity contribution in [3.05, 3.63) is 65.4 Å². The minimum Gasteiger partial charge on any atom is -0.444 e. The molecule has 2 N–H and O–H groups in total. The van der Waals surface area contributed by atoms with Crippen LogP contribution >= 0.6 is 11.3 Å². The van der Waals surface area contributed by atoms with Crippen molar-refractivity contribution in [3.63, 3.8) is 0 Å². The van der Waals surface area contributed by atoms with Crippen LogP contribution in [0.5, 0.6) is 0 Å². The van der Waals surface area contributed by atoms with E-state index < -0.39 is 11.7 Å². The largest absolute Gasteiger partial charge is 0.444 e. The molecular formula is C23H28N4O3S. The number of ether oxygens (including phenoxy) is 1. The molecule has 1 aromatic carbocycles. The fourth-order valence-electron chi connectivity index (χ4n) is 3.04. The first-order chi connectivity index (χ1) is 14.7. The molecule has 0 saturated heterocycles. The fraction of sp³-hybridized carbons (Fsp3) is 0.348. The van der Waals surface area contributed by atoms with Gasteiger partial charge in [-0.05, 0) is 44.9 Å². The van der Waals surface area contributed by atoms with Gasteiger partial charge in [0.1, 0.15) is 5.60 Å². The Kier molecular flexibility index (Phi) is 7.12. The predicted molar refractivity (Wildman–Crippen MR) is 122 cm³/mol. The summed E-state index contributed by atoms with van der Waals surface area (Å²) in [6.45, 7) is 5.70. The molecule has 7 nitrogen and oxygen atoms in total. The molecule has 0 aliphatic heterocycles. The minimum atomic E-state index is -0.582. The minimum absolute atomic E-state index is 0.176. The summed E-state index contributed by atoms with van der Waals surface area (Å²) < 4.78 is 7.23. The predicted octanol–water partition coefficient (Wildman–Crippen LogP) is 4.01. The summed E-state index contributed by atoms with van der Waals surface area (Å²) in [5.74, 6) is -0.176. The Bertz CT molecular complexity index is 1020. The summed E-state index contributed by atoms with van der Waals surface area (Å²) >= 11 is 1.41. The number of imidazole rings is 1. The molecule has 0 bridgehead atoms. The number of rotatable bonds is 7. The topological polar surface area (TPSA) is 85.3 Å². The third-order valence-corrected chi connectivity index (χ3v) is 5.56. The smallest absolute Gasteiger partial charge is 0.407 e. The molecule has 164 valence electrons. The lowest BCUT2D eigenvalue weighted by Gasteiger charge is -2.22. The van der Waals surface area contributed by atoms with Gasteiger partial charge in [0, 0.05) is 13.6 Å². The van der Waals surface area contributed by atoms with E-state index in [1.807, 2.05) is 74.9 Å².